The summed E-state index contributed by atoms with van der Waals surface area (Å²) in [5.74, 6) is 0.199. The molecule has 1 fully saturated rings. The van der Waals surface area contributed by atoms with Gasteiger partial charge in [-0.2, -0.15) is 0 Å². The highest BCUT2D eigenvalue weighted by Gasteiger charge is 2.19. The summed E-state index contributed by atoms with van der Waals surface area (Å²) in [5, 5.41) is 6.63. The van der Waals surface area contributed by atoms with Gasteiger partial charge in [0.15, 0.2) is 0 Å². The van der Waals surface area contributed by atoms with Gasteiger partial charge in [-0.1, -0.05) is 35.3 Å². The van der Waals surface area contributed by atoms with Crippen LogP contribution in [0.4, 0.5) is 5.82 Å². The van der Waals surface area contributed by atoms with Crippen molar-refractivity contribution in [1.82, 2.24) is 15.2 Å². The summed E-state index contributed by atoms with van der Waals surface area (Å²) in [6, 6.07) is 8.51. The molecule has 0 aliphatic carbocycles. The normalized spacial score (nSPS) is 13.9. The molecule has 28 heavy (non-hydrogen) atoms. The van der Waals surface area contributed by atoms with E-state index in [2.05, 4.69) is 15.6 Å². The lowest BCUT2D eigenvalue weighted by Gasteiger charge is -2.26. The van der Waals surface area contributed by atoms with Crippen molar-refractivity contribution in [3.63, 3.8) is 0 Å². The minimum atomic E-state index is -0.242. The van der Waals surface area contributed by atoms with E-state index in [1.807, 2.05) is 4.90 Å². The quantitative estimate of drug-likeness (QED) is 0.695. The molecule has 1 aliphatic rings. The van der Waals surface area contributed by atoms with E-state index in [0.717, 1.165) is 25.9 Å². The van der Waals surface area contributed by atoms with Crippen LogP contribution in [0, 0.1) is 0 Å². The summed E-state index contributed by atoms with van der Waals surface area (Å²) in [7, 11) is 0. The van der Waals surface area contributed by atoms with Crippen molar-refractivity contribution in [2.24, 2.45) is 0 Å². The van der Waals surface area contributed by atoms with E-state index in [1.54, 1.807) is 30.3 Å². The Labute approximate surface area is 174 Å². The molecule has 6 nitrogen and oxygen atoms in total. The Kier molecular flexibility index (Phi) is 7.12. The number of halogens is 2. The number of anilines is 1. The lowest BCUT2D eigenvalue weighted by atomic mass is 10.1. The molecule has 0 saturated carbocycles. The highest BCUT2D eigenvalue weighted by molar-refractivity contribution is 6.34. The number of benzene rings is 1. The number of amides is 2. The number of hydrogen-bond donors (Lipinski definition) is 2. The van der Waals surface area contributed by atoms with Gasteiger partial charge in [-0.05, 0) is 37.5 Å². The van der Waals surface area contributed by atoms with Crippen molar-refractivity contribution in [2.45, 2.75) is 19.3 Å². The lowest BCUT2D eigenvalue weighted by molar-refractivity contribution is 0.0723. The first-order valence-electron chi connectivity index (χ1n) is 9.27. The molecule has 0 bridgehead atoms. The Morgan fingerprint density at radius 1 is 1.04 bits per heavy atom. The minimum absolute atomic E-state index is 0.0346. The third kappa shape index (κ3) is 5.14. The van der Waals surface area contributed by atoms with Crippen LogP contribution >= 0.6 is 23.2 Å². The maximum Gasteiger partial charge on any atom is 0.255 e. The van der Waals surface area contributed by atoms with Gasteiger partial charge < -0.3 is 15.5 Å². The number of nitrogens with one attached hydrogen (secondary N) is 2. The first-order chi connectivity index (χ1) is 13.6. The van der Waals surface area contributed by atoms with Crippen molar-refractivity contribution in [3.8, 4) is 0 Å². The zero-order chi connectivity index (χ0) is 19.9. The van der Waals surface area contributed by atoms with E-state index in [1.165, 1.54) is 12.6 Å². The number of likely N-dealkylation sites (tertiary alicyclic amines) is 1. The Bertz CT molecular complexity index is 854. The Morgan fingerprint density at radius 3 is 2.50 bits per heavy atom. The summed E-state index contributed by atoms with van der Waals surface area (Å²) >= 11 is 12.3. The molecule has 8 heteroatoms. The molecular formula is C20H22Cl2N4O2. The van der Waals surface area contributed by atoms with Gasteiger partial charge in [0.05, 0.1) is 21.2 Å². The number of nitrogens with zero attached hydrogens (tertiary/aromatic N) is 2. The topological polar surface area (TPSA) is 74.3 Å². The number of carbonyl (C=O) groups excluding carboxylic acids is 2. The van der Waals surface area contributed by atoms with E-state index in [4.69, 9.17) is 23.2 Å². The van der Waals surface area contributed by atoms with Gasteiger partial charge >= 0.3 is 0 Å². The predicted molar refractivity (Wildman–Crippen MR) is 111 cm³/mol. The fraction of sp³-hybridized carbons (Fsp3) is 0.350. The summed E-state index contributed by atoms with van der Waals surface area (Å²) < 4.78 is 0. The van der Waals surface area contributed by atoms with Gasteiger partial charge in [0, 0.05) is 32.4 Å². The minimum Gasteiger partial charge on any atom is -0.367 e. The van der Waals surface area contributed by atoms with Crippen molar-refractivity contribution in [1.29, 1.82) is 0 Å². The SMILES string of the molecule is O=C(NCCNc1ncc(C(=O)N2CCCCC2)cc1Cl)c1ccccc1Cl. The number of hydrogen-bond acceptors (Lipinski definition) is 4. The second kappa shape index (κ2) is 9.75. The average molecular weight is 421 g/mol. The van der Waals surface area contributed by atoms with E-state index in [0.29, 0.717) is 40.1 Å². The van der Waals surface area contributed by atoms with Crippen LogP contribution in [0.1, 0.15) is 40.0 Å². The number of piperidine rings is 1. The number of carbonyl (C=O) groups is 2. The molecule has 0 radical (unpaired) electrons. The molecule has 1 aliphatic heterocycles. The highest BCUT2D eigenvalue weighted by atomic mass is 35.5. The third-order valence-corrected chi connectivity index (χ3v) is 5.17. The largest absolute Gasteiger partial charge is 0.367 e. The van der Waals surface area contributed by atoms with Crippen LogP contribution < -0.4 is 10.6 Å². The lowest BCUT2D eigenvalue weighted by Crippen LogP contribution is -2.35. The summed E-state index contributed by atoms with van der Waals surface area (Å²) in [5.41, 5.74) is 0.922. The van der Waals surface area contributed by atoms with Gasteiger partial charge in [0.1, 0.15) is 5.82 Å². The molecule has 2 heterocycles. The smallest absolute Gasteiger partial charge is 0.255 e. The standard InChI is InChI=1S/C20H22Cl2N4O2/c21-16-7-3-2-6-15(16)19(27)24-9-8-23-18-17(22)12-14(13-25-18)20(28)26-10-4-1-5-11-26/h2-3,6-7,12-13H,1,4-5,8-11H2,(H,23,25)(H,24,27). The molecule has 1 aromatic heterocycles. The molecule has 1 aromatic carbocycles. The maximum atomic E-state index is 12.5. The van der Waals surface area contributed by atoms with Crippen LogP contribution in [0.2, 0.25) is 10.0 Å². The van der Waals surface area contributed by atoms with Crippen LogP contribution in [0.3, 0.4) is 0 Å². The molecular weight excluding hydrogens is 399 g/mol. The summed E-state index contributed by atoms with van der Waals surface area (Å²) in [6.45, 7) is 2.36. The van der Waals surface area contributed by atoms with Gasteiger partial charge in [-0.15, -0.1) is 0 Å². The molecule has 0 atom stereocenters. The monoisotopic (exact) mass is 420 g/mol. The Balaban J connectivity index is 1.50. The Morgan fingerprint density at radius 2 is 1.79 bits per heavy atom. The molecule has 1 saturated heterocycles. The number of rotatable bonds is 6. The van der Waals surface area contributed by atoms with E-state index in [9.17, 15) is 9.59 Å². The second-order valence-electron chi connectivity index (χ2n) is 6.57. The van der Waals surface area contributed by atoms with Gasteiger partial charge in [0.25, 0.3) is 11.8 Å². The number of aromatic nitrogens is 1. The summed E-state index contributed by atoms with van der Waals surface area (Å²) in [4.78, 5) is 30.7. The van der Waals surface area contributed by atoms with Crippen LogP contribution in [0.15, 0.2) is 36.5 Å². The van der Waals surface area contributed by atoms with Gasteiger partial charge in [0.2, 0.25) is 0 Å². The van der Waals surface area contributed by atoms with Gasteiger partial charge in [-0.3, -0.25) is 9.59 Å². The molecule has 2 aromatic rings. The van der Waals surface area contributed by atoms with Crippen LogP contribution in [-0.4, -0.2) is 47.9 Å². The Hall–Kier alpha value is -2.31. The fourth-order valence-electron chi connectivity index (χ4n) is 3.06. The van der Waals surface area contributed by atoms with Crippen molar-refractivity contribution >= 4 is 40.8 Å². The molecule has 3 rings (SSSR count). The zero-order valence-corrected chi connectivity index (χ0v) is 16.9. The van der Waals surface area contributed by atoms with Crippen LogP contribution in [-0.2, 0) is 0 Å². The predicted octanol–water partition coefficient (Wildman–Crippen LogP) is 3.86. The molecule has 0 spiro atoms. The first-order valence-corrected chi connectivity index (χ1v) is 10.0. The molecule has 2 N–H and O–H groups in total. The highest BCUT2D eigenvalue weighted by Crippen LogP contribution is 2.22. The van der Waals surface area contributed by atoms with Crippen molar-refractivity contribution < 1.29 is 9.59 Å². The second-order valence-corrected chi connectivity index (χ2v) is 7.38. The van der Waals surface area contributed by atoms with E-state index >= 15 is 0 Å². The van der Waals surface area contributed by atoms with Crippen molar-refractivity contribution in [3.05, 3.63) is 57.7 Å². The molecule has 148 valence electrons. The summed E-state index contributed by atoms with van der Waals surface area (Å²) in [6.07, 6.45) is 4.77. The van der Waals surface area contributed by atoms with E-state index < -0.39 is 0 Å². The zero-order valence-electron chi connectivity index (χ0n) is 15.4. The fourth-order valence-corrected chi connectivity index (χ4v) is 3.52. The average Bonchev–Trinajstić information content (AvgIpc) is 2.72. The third-order valence-electron chi connectivity index (χ3n) is 4.55. The molecule has 0 unspecified atom stereocenters. The van der Waals surface area contributed by atoms with E-state index in [-0.39, 0.29) is 11.8 Å². The van der Waals surface area contributed by atoms with Crippen molar-refractivity contribution in [2.75, 3.05) is 31.5 Å². The first kappa shape index (κ1) is 20.4. The number of pyridine rings is 1. The maximum absolute atomic E-state index is 12.5. The van der Waals surface area contributed by atoms with Gasteiger partial charge in [-0.25, -0.2) is 4.98 Å². The van der Waals surface area contributed by atoms with Crippen LogP contribution in [0.5, 0.6) is 0 Å². The van der Waals surface area contributed by atoms with Crippen LogP contribution in [0.25, 0.3) is 0 Å². The molecule has 2 amide bonds.